The van der Waals surface area contributed by atoms with Gasteiger partial charge in [0.25, 0.3) is 0 Å². The van der Waals surface area contributed by atoms with Crippen molar-refractivity contribution in [2.45, 2.75) is 53.6 Å². The molecule has 0 saturated heterocycles. The maximum absolute atomic E-state index is 5.36. The fraction of sp³-hybridized carbons (Fsp3) is 0.786. The summed E-state index contributed by atoms with van der Waals surface area (Å²) in [6, 6.07) is 0.371. The quantitative estimate of drug-likeness (QED) is 0.724. The summed E-state index contributed by atoms with van der Waals surface area (Å²) in [5.74, 6) is 0. The van der Waals surface area contributed by atoms with E-state index in [1.165, 1.54) is 11.3 Å². The van der Waals surface area contributed by atoms with E-state index in [0.29, 0.717) is 6.04 Å². The Hall–Kier alpha value is -0.870. The fourth-order valence-corrected chi connectivity index (χ4v) is 2.42. The van der Waals surface area contributed by atoms with Gasteiger partial charge < -0.3 is 10.1 Å². The first-order valence-corrected chi connectivity index (χ1v) is 6.96. The summed E-state index contributed by atoms with van der Waals surface area (Å²) in [7, 11) is 0. The van der Waals surface area contributed by atoms with Crippen molar-refractivity contribution in [3.8, 4) is 0 Å². The lowest BCUT2D eigenvalue weighted by Crippen LogP contribution is -2.19. The highest BCUT2D eigenvalue weighted by Gasteiger charge is 2.16. The lowest BCUT2D eigenvalue weighted by molar-refractivity contribution is 0.140. The molecule has 0 fully saturated rings. The Balaban J connectivity index is 2.68. The average molecular weight is 253 g/mol. The molecule has 0 radical (unpaired) electrons. The van der Waals surface area contributed by atoms with Crippen molar-refractivity contribution in [2.75, 3.05) is 19.8 Å². The molecule has 1 heterocycles. The number of nitrogens with zero attached hydrogens (tertiary/aromatic N) is 2. The normalized spacial score (nSPS) is 12.9. The van der Waals surface area contributed by atoms with Crippen LogP contribution >= 0.6 is 0 Å². The molecule has 1 rings (SSSR count). The summed E-state index contributed by atoms with van der Waals surface area (Å²) in [4.78, 5) is 0. The largest absolute Gasteiger partial charge is 0.382 e. The van der Waals surface area contributed by atoms with E-state index in [2.05, 4.69) is 42.8 Å². The van der Waals surface area contributed by atoms with Crippen LogP contribution in [0.5, 0.6) is 0 Å². The Morgan fingerprint density at radius 2 is 2.06 bits per heavy atom. The predicted octanol–water partition coefficient (Wildman–Crippen LogP) is 2.60. The molecule has 0 bridgehead atoms. The van der Waals surface area contributed by atoms with E-state index < -0.39 is 0 Å². The molecule has 18 heavy (non-hydrogen) atoms. The third-order valence-corrected chi connectivity index (χ3v) is 3.24. The Kier molecular flexibility index (Phi) is 6.36. The molecule has 1 atom stereocenters. The summed E-state index contributed by atoms with van der Waals surface area (Å²) in [5.41, 5.74) is 3.75. The summed E-state index contributed by atoms with van der Waals surface area (Å²) in [6.45, 7) is 14.1. The van der Waals surface area contributed by atoms with Crippen molar-refractivity contribution in [1.29, 1.82) is 0 Å². The van der Waals surface area contributed by atoms with Gasteiger partial charge in [0.2, 0.25) is 0 Å². The predicted molar refractivity (Wildman–Crippen MR) is 74.9 cm³/mol. The summed E-state index contributed by atoms with van der Waals surface area (Å²) in [5, 5.41) is 8.09. The molecule has 1 aromatic rings. The van der Waals surface area contributed by atoms with Crippen molar-refractivity contribution < 1.29 is 4.74 Å². The van der Waals surface area contributed by atoms with Crippen LogP contribution in [0.1, 0.15) is 50.2 Å². The molecule has 104 valence electrons. The second-order valence-electron chi connectivity index (χ2n) is 4.64. The molecular weight excluding hydrogens is 226 g/mol. The van der Waals surface area contributed by atoms with E-state index in [0.717, 1.165) is 38.4 Å². The monoisotopic (exact) mass is 253 g/mol. The third-order valence-electron chi connectivity index (χ3n) is 3.24. The second kappa shape index (κ2) is 7.54. The van der Waals surface area contributed by atoms with E-state index >= 15 is 0 Å². The number of ether oxygens (including phenoxy) is 1. The number of aryl methyl sites for hydroxylation is 2. The first-order valence-electron chi connectivity index (χ1n) is 6.96. The molecule has 0 spiro atoms. The Labute approximate surface area is 111 Å². The molecule has 1 unspecified atom stereocenters. The molecule has 0 aromatic carbocycles. The number of hydrogen-bond acceptors (Lipinski definition) is 3. The molecule has 4 nitrogen and oxygen atoms in total. The summed E-state index contributed by atoms with van der Waals surface area (Å²) < 4.78 is 7.47. The lowest BCUT2D eigenvalue weighted by Gasteiger charge is -2.13. The van der Waals surface area contributed by atoms with Gasteiger partial charge in [-0.15, -0.1) is 0 Å². The smallest absolute Gasteiger partial charge is 0.0644 e. The zero-order valence-corrected chi connectivity index (χ0v) is 12.4. The summed E-state index contributed by atoms with van der Waals surface area (Å²) >= 11 is 0. The molecular formula is C14H27N3O. The molecule has 0 aliphatic rings. The molecule has 0 aliphatic heterocycles. The highest BCUT2D eigenvalue weighted by atomic mass is 16.5. The number of hydrogen-bond donors (Lipinski definition) is 1. The second-order valence-corrected chi connectivity index (χ2v) is 4.64. The SMILES string of the molecule is CCNC(C)c1c(C)nn(CCCOCC)c1C. The van der Waals surface area contributed by atoms with Crippen LogP contribution in [0.4, 0.5) is 0 Å². The van der Waals surface area contributed by atoms with Crippen molar-refractivity contribution >= 4 is 0 Å². The Morgan fingerprint density at radius 1 is 1.33 bits per heavy atom. The van der Waals surface area contributed by atoms with Crippen molar-refractivity contribution in [1.82, 2.24) is 15.1 Å². The van der Waals surface area contributed by atoms with Gasteiger partial charge in [-0.1, -0.05) is 6.92 Å². The Bertz CT molecular complexity index is 360. The van der Waals surface area contributed by atoms with E-state index in [9.17, 15) is 0 Å². The van der Waals surface area contributed by atoms with Crippen LogP contribution in [-0.4, -0.2) is 29.5 Å². The minimum absolute atomic E-state index is 0.371. The molecule has 0 aliphatic carbocycles. The van der Waals surface area contributed by atoms with Crippen LogP contribution in [0.25, 0.3) is 0 Å². The molecule has 1 aromatic heterocycles. The third kappa shape index (κ3) is 3.82. The van der Waals surface area contributed by atoms with Crippen LogP contribution in [-0.2, 0) is 11.3 Å². The van der Waals surface area contributed by atoms with Gasteiger partial charge in [0, 0.05) is 37.1 Å². The summed E-state index contributed by atoms with van der Waals surface area (Å²) in [6.07, 6.45) is 1.02. The highest BCUT2D eigenvalue weighted by Crippen LogP contribution is 2.21. The molecule has 1 N–H and O–H groups in total. The van der Waals surface area contributed by atoms with Crippen LogP contribution in [0.2, 0.25) is 0 Å². The highest BCUT2D eigenvalue weighted by molar-refractivity contribution is 5.27. The van der Waals surface area contributed by atoms with Gasteiger partial charge in [-0.25, -0.2) is 0 Å². The number of nitrogens with one attached hydrogen (secondary N) is 1. The maximum Gasteiger partial charge on any atom is 0.0644 e. The van der Waals surface area contributed by atoms with Crippen LogP contribution in [0.15, 0.2) is 0 Å². The van der Waals surface area contributed by atoms with Crippen molar-refractivity contribution in [2.24, 2.45) is 0 Å². The van der Waals surface area contributed by atoms with Crippen LogP contribution < -0.4 is 5.32 Å². The van der Waals surface area contributed by atoms with Gasteiger partial charge in [0.05, 0.1) is 5.69 Å². The van der Waals surface area contributed by atoms with Crippen molar-refractivity contribution in [3.05, 3.63) is 17.0 Å². The van der Waals surface area contributed by atoms with Gasteiger partial charge in [0.1, 0.15) is 0 Å². The zero-order chi connectivity index (χ0) is 13.5. The first kappa shape index (κ1) is 15.2. The van der Waals surface area contributed by atoms with Crippen LogP contribution in [0, 0.1) is 13.8 Å². The van der Waals surface area contributed by atoms with E-state index in [1.807, 2.05) is 6.92 Å². The molecule has 0 saturated carbocycles. The van der Waals surface area contributed by atoms with E-state index in [1.54, 1.807) is 0 Å². The lowest BCUT2D eigenvalue weighted by atomic mass is 10.1. The maximum atomic E-state index is 5.36. The average Bonchev–Trinajstić information content (AvgIpc) is 2.60. The topological polar surface area (TPSA) is 39.1 Å². The van der Waals surface area contributed by atoms with Gasteiger partial charge >= 0.3 is 0 Å². The van der Waals surface area contributed by atoms with Gasteiger partial charge in [-0.05, 0) is 40.7 Å². The number of rotatable bonds is 8. The Morgan fingerprint density at radius 3 is 2.67 bits per heavy atom. The van der Waals surface area contributed by atoms with Gasteiger partial charge in [0.15, 0.2) is 0 Å². The van der Waals surface area contributed by atoms with E-state index in [4.69, 9.17) is 4.74 Å². The zero-order valence-electron chi connectivity index (χ0n) is 12.4. The van der Waals surface area contributed by atoms with Gasteiger partial charge in [-0.2, -0.15) is 5.10 Å². The fourth-order valence-electron chi connectivity index (χ4n) is 2.42. The standard InChI is InChI=1S/C14H27N3O/c1-6-15-11(3)14-12(4)16-17(13(14)5)9-8-10-18-7-2/h11,15H,6-10H2,1-5H3. The minimum atomic E-state index is 0.371. The van der Waals surface area contributed by atoms with Crippen LogP contribution in [0.3, 0.4) is 0 Å². The number of aromatic nitrogens is 2. The molecule has 0 amide bonds. The van der Waals surface area contributed by atoms with E-state index in [-0.39, 0.29) is 0 Å². The van der Waals surface area contributed by atoms with Crippen molar-refractivity contribution in [3.63, 3.8) is 0 Å². The molecule has 4 heteroatoms. The first-order chi connectivity index (χ1) is 8.61. The van der Waals surface area contributed by atoms with Gasteiger partial charge in [-0.3, -0.25) is 4.68 Å². The minimum Gasteiger partial charge on any atom is -0.382 e.